The maximum absolute atomic E-state index is 12.3. The number of halogens is 2. The summed E-state index contributed by atoms with van der Waals surface area (Å²) < 4.78 is 24.7. The molecule has 0 heterocycles. The van der Waals surface area contributed by atoms with Crippen LogP contribution in [-0.4, -0.2) is 19.8 Å². The molecular formula is C8H16F2OSi. The number of hydrogen-bond acceptors (Lipinski definition) is 1. The third-order valence-corrected chi connectivity index (χ3v) is 2.69. The van der Waals surface area contributed by atoms with Crippen molar-refractivity contribution >= 4 is 13.9 Å². The summed E-state index contributed by atoms with van der Waals surface area (Å²) in [5.41, 5.74) is 0. The summed E-state index contributed by atoms with van der Waals surface area (Å²) in [4.78, 5) is 11.0. The SMILES string of the molecule is CC(F)(F)CC(=O)C[Si](C)(C)C. The molecule has 0 aromatic carbocycles. The Morgan fingerprint density at radius 1 is 1.33 bits per heavy atom. The molecule has 4 heteroatoms. The number of ketones is 1. The van der Waals surface area contributed by atoms with Gasteiger partial charge in [-0.05, 0) is 6.92 Å². The van der Waals surface area contributed by atoms with Crippen molar-refractivity contribution in [2.24, 2.45) is 0 Å². The zero-order chi connectivity index (χ0) is 9.99. The summed E-state index contributed by atoms with van der Waals surface area (Å²) in [7, 11) is -1.50. The van der Waals surface area contributed by atoms with Crippen LogP contribution in [0.2, 0.25) is 25.7 Å². The lowest BCUT2D eigenvalue weighted by atomic mass is 10.2. The summed E-state index contributed by atoms with van der Waals surface area (Å²) in [6.45, 7) is 6.78. The summed E-state index contributed by atoms with van der Waals surface area (Å²) in [5, 5.41) is 0. The minimum atomic E-state index is -2.84. The van der Waals surface area contributed by atoms with Crippen LogP contribution in [0, 0.1) is 0 Å². The van der Waals surface area contributed by atoms with Gasteiger partial charge in [0.05, 0.1) is 14.5 Å². The van der Waals surface area contributed by atoms with Crippen LogP contribution in [0.15, 0.2) is 0 Å². The zero-order valence-electron chi connectivity index (χ0n) is 8.08. The molecule has 0 spiro atoms. The van der Waals surface area contributed by atoms with E-state index in [0.717, 1.165) is 6.92 Å². The van der Waals surface area contributed by atoms with Crippen molar-refractivity contribution in [1.29, 1.82) is 0 Å². The fraction of sp³-hybridized carbons (Fsp3) is 0.875. The number of carbonyl (C=O) groups is 1. The molecule has 0 aliphatic rings. The largest absolute Gasteiger partial charge is 0.300 e. The van der Waals surface area contributed by atoms with Crippen LogP contribution in [0.5, 0.6) is 0 Å². The minimum Gasteiger partial charge on any atom is -0.300 e. The topological polar surface area (TPSA) is 17.1 Å². The van der Waals surface area contributed by atoms with Crippen molar-refractivity contribution in [2.45, 2.75) is 45.0 Å². The maximum Gasteiger partial charge on any atom is 0.252 e. The van der Waals surface area contributed by atoms with E-state index in [1.54, 1.807) is 0 Å². The molecule has 0 amide bonds. The van der Waals surface area contributed by atoms with Crippen LogP contribution in [0.4, 0.5) is 8.78 Å². The molecule has 0 rings (SSSR count). The second kappa shape index (κ2) is 3.64. The molecule has 0 saturated heterocycles. The first-order valence-electron chi connectivity index (χ1n) is 4.00. The monoisotopic (exact) mass is 194 g/mol. The van der Waals surface area contributed by atoms with Crippen molar-refractivity contribution in [1.82, 2.24) is 0 Å². The van der Waals surface area contributed by atoms with Gasteiger partial charge in [-0.25, -0.2) is 8.78 Å². The number of Topliss-reactive ketones (excluding diaryl/α,β-unsaturated/α-hetero) is 1. The standard InChI is InChI=1S/C8H16F2OSi/c1-8(9,10)5-7(11)6-12(2,3)4/h5-6H2,1-4H3. The molecule has 0 aromatic rings. The predicted molar refractivity (Wildman–Crippen MR) is 48.4 cm³/mol. The van der Waals surface area contributed by atoms with Gasteiger partial charge in [-0.3, -0.25) is 4.79 Å². The molecule has 0 fully saturated rings. The zero-order valence-corrected chi connectivity index (χ0v) is 9.08. The van der Waals surface area contributed by atoms with Crippen molar-refractivity contribution in [3.63, 3.8) is 0 Å². The van der Waals surface area contributed by atoms with Gasteiger partial charge in [-0.2, -0.15) is 0 Å². The Morgan fingerprint density at radius 2 is 1.75 bits per heavy atom. The van der Waals surface area contributed by atoms with Crippen molar-refractivity contribution in [3.8, 4) is 0 Å². The molecule has 0 radical (unpaired) electrons. The van der Waals surface area contributed by atoms with Gasteiger partial charge in [0.15, 0.2) is 0 Å². The van der Waals surface area contributed by atoms with Gasteiger partial charge in [0.2, 0.25) is 0 Å². The molecule has 0 aliphatic carbocycles. The highest BCUT2D eigenvalue weighted by atomic mass is 28.3. The Kier molecular flexibility index (Phi) is 3.56. The van der Waals surface area contributed by atoms with E-state index >= 15 is 0 Å². The van der Waals surface area contributed by atoms with Crippen molar-refractivity contribution in [3.05, 3.63) is 0 Å². The molecule has 1 nitrogen and oxygen atoms in total. The van der Waals surface area contributed by atoms with E-state index in [4.69, 9.17) is 0 Å². The third kappa shape index (κ3) is 7.85. The van der Waals surface area contributed by atoms with Gasteiger partial charge in [0.1, 0.15) is 5.78 Å². The van der Waals surface area contributed by atoms with Crippen LogP contribution in [0.3, 0.4) is 0 Å². The van der Waals surface area contributed by atoms with Gasteiger partial charge < -0.3 is 0 Å². The van der Waals surface area contributed by atoms with Gasteiger partial charge in [-0.1, -0.05) is 19.6 Å². The molecule has 0 bridgehead atoms. The Labute approximate surface area is 73.2 Å². The fourth-order valence-electron chi connectivity index (χ4n) is 1.00. The quantitative estimate of drug-likeness (QED) is 0.629. The molecule has 72 valence electrons. The second-order valence-corrected chi connectivity index (χ2v) is 10.00. The summed E-state index contributed by atoms with van der Waals surface area (Å²) in [5.74, 6) is -3.14. The third-order valence-electron chi connectivity index (χ3n) is 1.24. The molecule has 0 unspecified atom stereocenters. The number of carbonyl (C=O) groups excluding carboxylic acids is 1. The van der Waals surface area contributed by atoms with Crippen molar-refractivity contribution < 1.29 is 13.6 Å². The highest BCUT2D eigenvalue weighted by Crippen LogP contribution is 2.20. The first-order valence-corrected chi connectivity index (χ1v) is 7.70. The Balaban J connectivity index is 3.92. The number of alkyl halides is 2. The average Bonchev–Trinajstić information content (AvgIpc) is 1.49. The van der Waals surface area contributed by atoms with Crippen LogP contribution in [0.1, 0.15) is 13.3 Å². The first-order chi connectivity index (χ1) is 5.10. The normalized spacial score (nSPS) is 13.2. The average molecular weight is 194 g/mol. The second-order valence-electron chi connectivity index (χ2n) is 4.52. The van der Waals surface area contributed by atoms with E-state index in [-0.39, 0.29) is 5.78 Å². The van der Waals surface area contributed by atoms with E-state index in [1.807, 2.05) is 19.6 Å². The van der Waals surface area contributed by atoms with Crippen LogP contribution in [-0.2, 0) is 4.79 Å². The Hall–Kier alpha value is -0.253. The summed E-state index contributed by atoms with van der Waals surface area (Å²) in [6.07, 6.45) is -0.600. The molecule has 0 aliphatic heterocycles. The van der Waals surface area contributed by atoms with Gasteiger partial charge in [-0.15, -0.1) is 0 Å². The molecular weight excluding hydrogens is 178 g/mol. The van der Waals surface area contributed by atoms with Crippen LogP contribution in [0.25, 0.3) is 0 Å². The molecule has 0 N–H and O–H groups in total. The molecule has 0 atom stereocenters. The minimum absolute atomic E-state index is 0.304. The molecule has 0 saturated carbocycles. The van der Waals surface area contributed by atoms with E-state index in [9.17, 15) is 13.6 Å². The highest BCUT2D eigenvalue weighted by Gasteiger charge is 2.28. The summed E-state index contributed by atoms with van der Waals surface area (Å²) in [6, 6.07) is 0.358. The maximum atomic E-state index is 12.3. The van der Waals surface area contributed by atoms with Crippen LogP contribution < -0.4 is 0 Å². The lowest BCUT2D eigenvalue weighted by Gasteiger charge is -2.16. The smallest absolute Gasteiger partial charge is 0.252 e. The molecule has 0 aromatic heterocycles. The van der Waals surface area contributed by atoms with Gasteiger partial charge >= 0.3 is 0 Å². The predicted octanol–water partition coefficient (Wildman–Crippen LogP) is 2.94. The fourth-order valence-corrected chi connectivity index (χ4v) is 2.31. The van der Waals surface area contributed by atoms with E-state index in [1.165, 1.54) is 0 Å². The van der Waals surface area contributed by atoms with Crippen LogP contribution >= 0.6 is 0 Å². The van der Waals surface area contributed by atoms with Gasteiger partial charge in [0.25, 0.3) is 5.92 Å². The van der Waals surface area contributed by atoms with E-state index in [2.05, 4.69) is 0 Å². The lowest BCUT2D eigenvalue weighted by Crippen LogP contribution is -2.27. The summed E-state index contributed by atoms with van der Waals surface area (Å²) >= 11 is 0. The number of rotatable bonds is 4. The Bertz CT molecular complexity index is 149. The molecule has 12 heavy (non-hydrogen) atoms. The lowest BCUT2D eigenvalue weighted by molar-refractivity contribution is -0.123. The van der Waals surface area contributed by atoms with Crippen molar-refractivity contribution in [2.75, 3.05) is 0 Å². The van der Waals surface area contributed by atoms with E-state index < -0.39 is 20.4 Å². The Morgan fingerprint density at radius 3 is 2.00 bits per heavy atom. The van der Waals surface area contributed by atoms with E-state index in [0.29, 0.717) is 6.04 Å². The highest BCUT2D eigenvalue weighted by molar-refractivity contribution is 6.78. The first kappa shape index (κ1) is 11.7. The van der Waals surface area contributed by atoms with Gasteiger partial charge in [0, 0.05) is 6.04 Å². The number of hydrogen-bond donors (Lipinski definition) is 0.